The molecule has 0 bridgehead atoms. The fourth-order valence-electron chi connectivity index (χ4n) is 8.14. The van der Waals surface area contributed by atoms with Crippen LogP contribution in [0.2, 0.25) is 0 Å². The van der Waals surface area contributed by atoms with Gasteiger partial charge in [0.2, 0.25) is 11.8 Å². The lowest BCUT2D eigenvalue weighted by Crippen LogP contribution is -2.43. The van der Waals surface area contributed by atoms with Gasteiger partial charge in [0.05, 0.1) is 26.1 Å². The highest BCUT2D eigenvalue weighted by molar-refractivity contribution is 5.93. The summed E-state index contributed by atoms with van der Waals surface area (Å²) in [6, 6.07) is 47.0. The van der Waals surface area contributed by atoms with Crippen LogP contribution in [0.25, 0.3) is 0 Å². The summed E-state index contributed by atoms with van der Waals surface area (Å²) in [4.78, 5) is 82.9. The first kappa shape index (κ1) is 46.6. The Bertz CT molecular complexity index is 2260. The van der Waals surface area contributed by atoms with Gasteiger partial charge in [-0.05, 0) is 46.6 Å². The van der Waals surface area contributed by atoms with Crippen molar-refractivity contribution in [1.82, 2.24) is 9.80 Å². The Morgan fingerprint density at radius 3 is 1.41 bits per heavy atom. The largest absolute Gasteiger partial charge is 0.481 e. The standard InChI is InChI=1S/C28H27NO3.C22H23NO5.CO2.H2/c1-32-28(31)25-19-22(18-17-21-11-5-2-6-12-21)20-29(25)27(30)26(23-13-7-3-8-14-23)24-15-9-4-10-16-24;1-28-22(27)18-12-15(13-19(24)25)14-23(18)21(26)20(16-8-4-2-5-9-16)17-10-6-3-7-11-17;2-1-3;/h2-16,18,25-26H,17,19-20H2,1H3;2-11,15,18,20H,12-14H2,1H3,(H,24,25);;1H/b22-18-;;;/t25-;15-,18+;;/m01../s1. The second kappa shape index (κ2) is 23.5. The monoisotopic (exact) mass is 852 g/mol. The number of hydrogen-bond donors (Lipinski definition) is 1. The number of carbonyl (C=O) groups is 5. The van der Waals surface area contributed by atoms with E-state index >= 15 is 0 Å². The molecule has 2 aliphatic rings. The van der Waals surface area contributed by atoms with Gasteiger partial charge in [0.15, 0.2) is 0 Å². The quantitative estimate of drug-likeness (QED) is 0.101. The normalized spacial score (nSPS) is 17.1. The number of benzene rings is 5. The van der Waals surface area contributed by atoms with Gasteiger partial charge in [-0.2, -0.15) is 9.59 Å². The summed E-state index contributed by atoms with van der Waals surface area (Å²) in [5.41, 5.74) is 5.75. The maximum Gasteiger partial charge on any atom is 0.373 e. The molecule has 0 unspecified atom stereocenters. The molecular formula is C51H52N2O10. The summed E-state index contributed by atoms with van der Waals surface area (Å²) in [7, 11) is 2.66. The molecule has 1 N–H and O–H groups in total. The molecule has 3 atom stereocenters. The number of methoxy groups -OCH3 is 2. The van der Waals surface area contributed by atoms with Crippen LogP contribution in [0.4, 0.5) is 0 Å². The van der Waals surface area contributed by atoms with Crippen molar-refractivity contribution in [3.63, 3.8) is 0 Å². The highest BCUT2D eigenvalue weighted by Gasteiger charge is 2.44. The van der Waals surface area contributed by atoms with Crippen LogP contribution in [0, 0.1) is 5.92 Å². The molecule has 0 saturated carbocycles. The van der Waals surface area contributed by atoms with Crippen molar-refractivity contribution in [3.05, 3.63) is 191 Å². The van der Waals surface area contributed by atoms with E-state index in [0.717, 1.165) is 34.2 Å². The molecule has 0 spiro atoms. The number of carboxylic acids is 1. The average Bonchev–Trinajstić information content (AvgIpc) is 3.95. The van der Waals surface area contributed by atoms with Crippen molar-refractivity contribution < 1.29 is 49.6 Å². The molecule has 2 amide bonds. The van der Waals surface area contributed by atoms with Crippen LogP contribution >= 0.6 is 0 Å². The molecule has 2 fully saturated rings. The third-order valence-electron chi connectivity index (χ3n) is 11.1. The number of esters is 2. The van der Waals surface area contributed by atoms with Crippen LogP contribution in [0.15, 0.2) is 163 Å². The number of carbonyl (C=O) groups excluding carboxylic acids is 6. The first-order chi connectivity index (χ1) is 30.6. The summed E-state index contributed by atoms with van der Waals surface area (Å²) in [5, 5.41) is 9.13. The van der Waals surface area contributed by atoms with Crippen molar-refractivity contribution >= 4 is 35.9 Å². The van der Waals surface area contributed by atoms with E-state index in [4.69, 9.17) is 24.2 Å². The molecule has 2 aliphatic heterocycles. The Morgan fingerprint density at radius 1 is 0.635 bits per heavy atom. The maximum atomic E-state index is 13.9. The number of allylic oxidation sites excluding steroid dienone is 1. The van der Waals surface area contributed by atoms with Crippen LogP contribution in [0.1, 0.15) is 60.3 Å². The third kappa shape index (κ3) is 12.6. The molecule has 5 aromatic carbocycles. The van der Waals surface area contributed by atoms with Crippen molar-refractivity contribution in [2.75, 3.05) is 27.3 Å². The van der Waals surface area contributed by atoms with Gasteiger partial charge in [0.25, 0.3) is 0 Å². The molecular weight excluding hydrogens is 801 g/mol. The number of rotatable bonds is 12. The van der Waals surface area contributed by atoms with E-state index in [1.807, 2.05) is 140 Å². The summed E-state index contributed by atoms with van der Waals surface area (Å²) in [6.45, 7) is 0.655. The van der Waals surface area contributed by atoms with E-state index in [1.165, 1.54) is 24.7 Å². The molecule has 12 heteroatoms. The van der Waals surface area contributed by atoms with Crippen molar-refractivity contribution in [2.45, 2.75) is 49.6 Å². The Balaban J connectivity index is 0.000000263. The highest BCUT2D eigenvalue weighted by Crippen LogP contribution is 2.35. The van der Waals surface area contributed by atoms with Gasteiger partial charge in [-0.3, -0.25) is 14.4 Å². The zero-order valence-electron chi connectivity index (χ0n) is 35.2. The van der Waals surface area contributed by atoms with E-state index in [0.29, 0.717) is 19.4 Å². The fraction of sp³-hybridized carbons (Fsp3) is 0.255. The number of aliphatic carboxylic acids is 1. The minimum Gasteiger partial charge on any atom is -0.481 e. The zero-order chi connectivity index (χ0) is 45.1. The maximum absolute atomic E-state index is 13.9. The highest BCUT2D eigenvalue weighted by atomic mass is 16.5. The molecule has 12 nitrogen and oxygen atoms in total. The van der Waals surface area contributed by atoms with E-state index < -0.39 is 35.9 Å². The predicted molar refractivity (Wildman–Crippen MR) is 235 cm³/mol. The van der Waals surface area contributed by atoms with Crippen LogP contribution in [0.3, 0.4) is 0 Å². The van der Waals surface area contributed by atoms with Crippen molar-refractivity contribution in [2.24, 2.45) is 5.92 Å². The number of amides is 2. The van der Waals surface area contributed by atoms with Crippen LogP contribution < -0.4 is 0 Å². The van der Waals surface area contributed by atoms with Crippen molar-refractivity contribution in [3.8, 4) is 0 Å². The number of likely N-dealkylation sites (tertiary alicyclic amines) is 2. The Kier molecular flexibility index (Phi) is 17.4. The average molecular weight is 853 g/mol. The molecule has 63 heavy (non-hydrogen) atoms. The second-order valence-electron chi connectivity index (χ2n) is 15.1. The van der Waals surface area contributed by atoms with Crippen molar-refractivity contribution in [1.29, 1.82) is 0 Å². The van der Waals surface area contributed by atoms with Gasteiger partial charge in [-0.25, -0.2) is 9.59 Å². The lowest BCUT2D eigenvalue weighted by atomic mass is 9.90. The molecule has 2 heterocycles. The number of nitrogens with zero attached hydrogens (tertiary/aromatic N) is 2. The summed E-state index contributed by atoms with van der Waals surface area (Å²) >= 11 is 0. The Morgan fingerprint density at radius 2 is 1.02 bits per heavy atom. The summed E-state index contributed by atoms with van der Waals surface area (Å²) in [5.74, 6) is -3.46. The molecule has 2 saturated heterocycles. The van der Waals surface area contributed by atoms with Gasteiger partial charge in [0, 0.05) is 27.4 Å². The van der Waals surface area contributed by atoms with E-state index in [1.54, 1.807) is 4.90 Å². The topological polar surface area (TPSA) is 165 Å². The predicted octanol–water partition coefficient (Wildman–Crippen LogP) is 7.11. The van der Waals surface area contributed by atoms with Crippen LogP contribution in [-0.4, -0.2) is 90.2 Å². The smallest absolute Gasteiger partial charge is 0.373 e. The first-order valence-corrected chi connectivity index (χ1v) is 20.5. The second-order valence-corrected chi connectivity index (χ2v) is 15.1. The minimum atomic E-state index is -0.939. The van der Waals surface area contributed by atoms with Gasteiger partial charge >= 0.3 is 24.1 Å². The van der Waals surface area contributed by atoms with Crippen LogP contribution in [0.5, 0.6) is 0 Å². The molecule has 0 aromatic heterocycles. The van der Waals surface area contributed by atoms with E-state index in [9.17, 15) is 24.0 Å². The minimum absolute atomic E-state index is 0. The zero-order valence-corrected chi connectivity index (χ0v) is 35.2. The van der Waals surface area contributed by atoms with Gasteiger partial charge < -0.3 is 24.4 Å². The molecule has 326 valence electrons. The number of ether oxygens (including phenoxy) is 2. The lowest BCUT2D eigenvalue weighted by Gasteiger charge is -2.28. The third-order valence-corrected chi connectivity index (χ3v) is 11.1. The molecule has 0 radical (unpaired) electrons. The van der Waals surface area contributed by atoms with E-state index in [-0.39, 0.29) is 44.2 Å². The van der Waals surface area contributed by atoms with E-state index in [2.05, 4.69) is 18.2 Å². The van der Waals surface area contributed by atoms with Gasteiger partial charge in [-0.1, -0.05) is 163 Å². The Labute approximate surface area is 368 Å². The van der Waals surface area contributed by atoms with Gasteiger partial charge in [0.1, 0.15) is 12.1 Å². The van der Waals surface area contributed by atoms with Crippen LogP contribution in [-0.2, 0) is 49.5 Å². The molecule has 5 aromatic rings. The summed E-state index contributed by atoms with van der Waals surface area (Å²) < 4.78 is 9.94. The summed E-state index contributed by atoms with van der Waals surface area (Å²) in [6.07, 6.45) is 3.87. The molecule has 0 aliphatic carbocycles. The Hall–Kier alpha value is -7.43. The SMILES string of the molecule is COC(=O)[C@@H]1C/C(=C/Cc2ccccc2)CN1C(=O)C(c1ccccc1)c1ccccc1.COC(=O)[C@@H]1C[C@H](CC(=O)O)CN1C(=O)C(c1ccccc1)c1ccccc1.O=C=O.[HH]. The van der Waals surface area contributed by atoms with Gasteiger partial charge in [-0.15, -0.1) is 0 Å². The fourth-order valence-corrected chi connectivity index (χ4v) is 8.14. The lowest BCUT2D eigenvalue weighted by molar-refractivity contribution is -0.191. The number of carboxylic acid groups (broad SMARTS) is 1. The number of hydrogen-bond acceptors (Lipinski definition) is 9. The molecule has 7 rings (SSSR count). The first-order valence-electron chi connectivity index (χ1n) is 20.5.